The van der Waals surface area contributed by atoms with Gasteiger partial charge in [0.25, 0.3) is 0 Å². The summed E-state index contributed by atoms with van der Waals surface area (Å²) in [5.41, 5.74) is 5.37. The lowest BCUT2D eigenvalue weighted by atomic mass is 10.1. The summed E-state index contributed by atoms with van der Waals surface area (Å²) in [4.78, 5) is 0. The van der Waals surface area contributed by atoms with Gasteiger partial charge in [-0.25, -0.2) is 0 Å². The average Bonchev–Trinajstić information content (AvgIpc) is 3.57. The number of rotatable bonds is 0. The van der Waals surface area contributed by atoms with Gasteiger partial charge >= 0.3 is 0 Å². The van der Waals surface area contributed by atoms with Crippen LogP contribution in [0.25, 0.3) is 59.1 Å². The van der Waals surface area contributed by atoms with Crippen LogP contribution in [-0.4, -0.2) is 0 Å². The Hall–Kier alpha value is -2.76. The predicted molar refractivity (Wildman–Crippen MR) is 175 cm³/mol. The smallest absolute Gasteiger partial charge is 0.0542 e. The summed E-state index contributed by atoms with van der Waals surface area (Å²) in [7, 11) is 0. The van der Waals surface area contributed by atoms with E-state index in [-0.39, 0.29) is 7.43 Å². The number of fused-ring (bicyclic) bond motifs is 10. The highest BCUT2D eigenvalue weighted by Gasteiger charge is 2.13. The molecule has 0 spiro atoms. The summed E-state index contributed by atoms with van der Waals surface area (Å²) in [6.07, 6.45) is 0. The Morgan fingerprint density at radius 1 is 0.351 bits per heavy atom. The number of aryl methyl sites for hydroxylation is 4. The molecule has 8 rings (SSSR count). The van der Waals surface area contributed by atoms with Crippen LogP contribution in [0.4, 0.5) is 0 Å². The fourth-order valence-electron chi connectivity index (χ4n) is 4.96. The van der Waals surface area contributed by atoms with Gasteiger partial charge in [-0.05, 0) is 75.2 Å². The second-order valence-corrected chi connectivity index (χ2v) is 13.9. The van der Waals surface area contributed by atoms with E-state index in [4.69, 9.17) is 0 Å². The van der Waals surface area contributed by atoms with E-state index in [0.717, 1.165) is 0 Å². The van der Waals surface area contributed by atoms with Crippen LogP contribution in [0.15, 0.2) is 72.8 Å². The molecule has 0 aliphatic carbocycles. The van der Waals surface area contributed by atoms with Gasteiger partial charge in [0, 0.05) is 40.3 Å². The molecule has 4 heteroatoms. The van der Waals surface area contributed by atoms with Crippen LogP contribution in [0.2, 0.25) is 0 Å². The van der Waals surface area contributed by atoms with Crippen LogP contribution in [0.5, 0.6) is 0 Å². The van der Waals surface area contributed by atoms with E-state index in [2.05, 4.69) is 100 Å². The molecule has 0 N–H and O–H groups in total. The lowest BCUT2D eigenvalue weighted by molar-refractivity contribution is 1.52. The van der Waals surface area contributed by atoms with E-state index in [1.807, 2.05) is 45.3 Å². The van der Waals surface area contributed by atoms with Gasteiger partial charge in [0.1, 0.15) is 0 Å². The van der Waals surface area contributed by atoms with Crippen LogP contribution in [0, 0.1) is 27.7 Å². The van der Waals surface area contributed by atoms with Crippen molar-refractivity contribution >= 4 is 104 Å². The Morgan fingerprint density at radius 3 is 1.11 bits per heavy atom. The standard InChI is InChI=1S/2C16H12S2.CH4/c1-9-3-5-13-11(7-9)15-16(17-13)12-8-10(2)4-6-14(12)18-15;1-9-3-5-11-13(7-9)17-16-12-6-4-10(2)8-14(12)18-15(11)16;/h2*3-8H,1-2H3;1H4. The third-order valence-electron chi connectivity index (χ3n) is 6.78. The second kappa shape index (κ2) is 9.21. The Labute approximate surface area is 233 Å². The molecule has 0 atom stereocenters. The summed E-state index contributed by atoms with van der Waals surface area (Å²) in [5, 5.41) is 5.68. The molecule has 0 fully saturated rings. The van der Waals surface area contributed by atoms with E-state index in [1.54, 1.807) is 0 Å². The largest absolute Gasteiger partial charge is 0.134 e. The molecule has 4 aromatic heterocycles. The van der Waals surface area contributed by atoms with Crippen LogP contribution >= 0.6 is 45.3 Å². The Kier molecular flexibility index (Phi) is 6.12. The van der Waals surface area contributed by atoms with E-state index in [1.165, 1.54) is 81.4 Å². The van der Waals surface area contributed by atoms with Gasteiger partial charge in [-0.2, -0.15) is 0 Å². The van der Waals surface area contributed by atoms with E-state index in [0.29, 0.717) is 0 Å². The first-order chi connectivity index (χ1) is 17.4. The van der Waals surface area contributed by atoms with Crippen molar-refractivity contribution in [1.82, 2.24) is 0 Å². The van der Waals surface area contributed by atoms with Crippen molar-refractivity contribution in [3.05, 3.63) is 95.1 Å². The van der Waals surface area contributed by atoms with Crippen LogP contribution < -0.4 is 0 Å². The zero-order valence-electron chi connectivity index (χ0n) is 20.6. The topological polar surface area (TPSA) is 0 Å². The van der Waals surface area contributed by atoms with Gasteiger partial charge in [-0.15, -0.1) is 45.3 Å². The van der Waals surface area contributed by atoms with E-state index < -0.39 is 0 Å². The molecule has 8 aromatic rings. The molecule has 0 saturated heterocycles. The maximum absolute atomic E-state index is 2.32. The maximum atomic E-state index is 2.32. The van der Waals surface area contributed by atoms with Crippen LogP contribution in [-0.2, 0) is 0 Å². The van der Waals surface area contributed by atoms with Gasteiger partial charge in [0.05, 0.1) is 18.8 Å². The highest BCUT2D eigenvalue weighted by Crippen LogP contribution is 2.45. The molecule has 0 radical (unpaired) electrons. The molecular formula is C33H28S4. The normalized spacial score (nSPS) is 11.6. The minimum atomic E-state index is 0. The highest BCUT2D eigenvalue weighted by atomic mass is 32.1. The van der Waals surface area contributed by atoms with Crippen molar-refractivity contribution in [2.75, 3.05) is 0 Å². The van der Waals surface area contributed by atoms with Gasteiger partial charge < -0.3 is 0 Å². The molecule has 4 heterocycles. The molecule has 0 saturated carbocycles. The minimum absolute atomic E-state index is 0. The van der Waals surface area contributed by atoms with E-state index >= 15 is 0 Å². The molecule has 0 aliphatic heterocycles. The summed E-state index contributed by atoms with van der Waals surface area (Å²) < 4.78 is 11.5. The molecule has 4 aromatic carbocycles. The van der Waals surface area contributed by atoms with Gasteiger partial charge in [-0.3, -0.25) is 0 Å². The van der Waals surface area contributed by atoms with Crippen LogP contribution in [0.3, 0.4) is 0 Å². The molecular weight excluding hydrogens is 525 g/mol. The number of thiophene rings is 4. The van der Waals surface area contributed by atoms with Gasteiger partial charge in [-0.1, -0.05) is 55.0 Å². The Bertz CT molecular complexity index is 1940. The van der Waals surface area contributed by atoms with Crippen molar-refractivity contribution in [1.29, 1.82) is 0 Å². The fourth-order valence-corrected chi connectivity index (χ4v) is 10.4. The van der Waals surface area contributed by atoms with Gasteiger partial charge in [0.2, 0.25) is 0 Å². The number of benzene rings is 4. The Morgan fingerprint density at radius 2 is 0.676 bits per heavy atom. The minimum Gasteiger partial charge on any atom is -0.134 e. The van der Waals surface area contributed by atoms with E-state index in [9.17, 15) is 0 Å². The van der Waals surface area contributed by atoms with Crippen molar-refractivity contribution in [2.45, 2.75) is 35.1 Å². The summed E-state index contributed by atoms with van der Waals surface area (Å²) in [6, 6.07) is 27.1. The number of hydrogen-bond donors (Lipinski definition) is 0. The molecule has 0 unspecified atom stereocenters. The lowest BCUT2D eigenvalue weighted by Crippen LogP contribution is -1.68. The van der Waals surface area contributed by atoms with Crippen molar-refractivity contribution in [3.63, 3.8) is 0 Å². The zero-order chi connectivity index (χ0) is 24.6. The summed E-state index contributed by atoms with van der Waals surface area (Å²) in [5.74, 6) is 0. The highest BCUT2D eigenvalue weighted by molar-refractivity contribution is 7.37. The summed E-state index contributed by atoms with van der Waals surface area (Å²) in [6.45, 7) is 8.66. The first kappa shape index (κ1) is 24.6. The van der Waals surface area contributed by atoms with Gasteiger partial charge in [0.15, 0.2) is 0 Å². The average molecular weight is 553 g/mol. The quantitative estimate of drug-likeness (QED) is 0.175. The number of hydrogen-bond acceptors (Lipinski definition) is 4. The zero-order valence-corrected chi connectivity index (χ0v) is 23.8. The molecule has 0 aliphatic rings. The third-order valence-corrected chi connectivity index (χ3v) is 11.8. The molecule has 0 amide bonds. The SMILES string of the molecule is C.Cc1ccc2c(c1)sc1c3ccc(C)cc3sc21.Cc1ccc2sc3c4cc(C)ccc4sc3c2c1. The first-order valence-corrected chi connectivity index (χ1v) is 15.4. The third kappa shape index (κ3) is 4.07. The summed E-state index contributed by atoms with van der Waals surface area (Å²) >= 11 is 7.71. The lowest BCUT2D eigenvalue weighted by Gasteiger charge is -1.93. The molecule has 184 valence electrons. The first-order valence-electron chi connectivity index (χ1n) is 12.1. The second-order valence-electron chi connectivity index (χ2n) is 9.72. The Balaban J connectivity index is 0.000000133. The molecule has 0 bridgehead atoms. The van der Waals surface area contributed by atoms with Crippen molar-refractivity contribution in [3.8, 4) is 0 Å². The van der Waals surface area contributed by atoms with Crippen molar-refractivity contribution < 1.29 is 0 Å². The monoisotopic (exact) mass is 552 g/mol. The predicted octanol–water partition coefficient (Wildman–Crippen LogP) is 12.4. The maximum Gasteiger partial charge on any atom is 0.0542 e. The van der Waals surface area contributed by atoms with Crippen molar-refractivity contribution in [2.24, 2.45) is 0 Å². The fraction of sp³-hybridized carbons (Fsp3) is 0.152. The molecule has 37 heavy (non-hydrogen) atoms. The van der Waals surface area contributed by atoms with Crippen LogP contribution in [0.1, 0.15) is 29.7 Å². The molecule has 0 nitrogen and oxygen atoms in total.